The summed E-state index contributed by atoms with van der Waals surface area (Å²) in [6, 6.07) is 10.5. The van der Waals surface area contributed by atoms with E-state index in [0.29, 0.717) is 11.5 Å². The topological polar surface area (TPSA) is 115 Å². The van der Waals surface area contributed by atoms with Crippen LogP contribution in [0.2, 0.25) is 0 Å². The van der Waals surface area contributed by atoms with E-state index in [1.54, 1.807) is 6.07 Å². The number of rotatable bonds is 6. The molecular formula is C16H15N5O4. The quantitative estimate of drug-likeness (QED) is 0.405. The molecule has 0 bridgehead atoms. The summed E-state index contributed by atoms with van der Waals surface area (Å²) >= 11 is 0. The zero-order valence-corrected chi connectivity index (χ0v) is 13.5. The van der Waals surface area contributed by atoms with E-state index in [4.69, 9.17) is 9.47 Å². The second-order valence-corrected chi connectivity index (χ2v) is 5.01. The van der Waals surface area contributed by atoms with Gasteiger partial charge in [0.2, 0.25) is 11.7 Å². The Morgan fingerprint density at radius 3 is 2.76 bits per heavy atom. The third kappa shape index (κ3) is 3.34. The molecule has 3 rings (SSSR count). The van der Waals surface area contributed by atoms with Crippen LogP contribution in [-0.4, -0.2) is 35.3 Å². The number of anilines is 1. The molecule has 0 atom stereocenters. The first kappa shape index (κ1) is 16.2. The van der Waals surface area contributed by atoms with Gasteiger partial charge >= 0.3 is 5.69 Å². The van der Waals surface area contributed by atoms with Gasteiger partial charge in [-0.1, -0.05) is 12.1 Å². The highest BCUT2D eigenvalue weighted by Gasteiger charge is 2.21. The molecule has 2 N–H and O–H groups in total. The fourth-order valence-corrected chi connectivity index (χ4v) is 2.35. The van der Waals surface area contributed by atoms with Crippen molar-refractivity contribution in [3.05, 3.63) is 52.1 Å². The molecule has 1 aromatic heterocycles. The van der Waals surface area contributed by atoms with Crippen molar-refractivity contribution in [1.29, 1.82) is 0 Å². The van der Waals surface area contributed by atoms with Crippen molar-refractivity contribution >= 4 is 28.9 Å². The number of hydrazone groups is 1. The summed E-state index contributed by atoms with van der Waals surface area (Å²) in [5, 5.41) is 15.2. The van der Waals surface area contributed by atoms with E-state index >= 15 is 0 Å². The molecule has 0 aliphatic carbocycles. The maximum Gasteiger partial charge on any atom is 0.315 e. The van der Waals surface area contributed by atoms with Gasteiger partial charge in [0.25, 0.3) is 0 Å². The second-order valence-electron chi connectivity index (χ2n) is 5.01. The molecule has 25 heavy (non-hydrogen) atoms. The molecule has 0 saturated heterocycles. The Bertz CT molecular complexity index is 918. The SMILES string of the molecule is COc1cc(/C=N\Nc2nc3ccccc3[nH]2)cc([N+](=O)[O-])c1OC. The van der Waals surface area contributed by atoms with E-state index in [1.165, 1.54) is 26.5 Å². The Kier molecular flexibility index (Phi) is 4.46. The van der Waals surface area contributed by atoms with Crippen LogP contribution >= 0.6 is 0 Å². The van der Waals surface area contributed by atoms with Gasteiger partial charge in [0.15, 0.2) is 5.75 Å². The summed E-state index contributed by atoms with van der Waals surface area (Å²) < 4.78 is 10.2. The number of benzene rings is 2. The summed E-state index contributed by atoms with van der Waals surface area (Å²) in [5.74, 6) is 0.782. The molecule has 9 nitrogen and oxygen atoms in total. The lowest BCUT2D eigenvalue weighted by Gasteiger charge is -2.08. The van der Waals surface area contributed by atoms with Gasteiger partial charge in [0.05, 0.1) is 36.4 Å². The number of nitrogens with one attached hydrogen (secondary N) is 2. The lowest BCUT2D eigenvalue weighted by molar-refractivity contribution is -0.385. The lowest BCUT2D eigenvalue weighted by atomic mass is 10.2. The van der Waals surface area contributed by atoms with Gasteiger partial charge in [0.1, 0.15) is 0 Å². The van der Waals surface area contributed by atoms with Crippen LogP contribution in [-0.2, 0) is 0 Å². The van der Waals surface area contributed by atoms with Crippen molar-refractivity contribution in [2.75, 3.05) is 19.6 Å². The summed E-state index contributed by atoms with van der Waals surface area (Å²) in [7, 11) is 2.76. The molecule has 0 aliphatic rings. The maximum absolute atomic E-state index is 11.2. The standard InChI is InChI=1S/C16H15N5O4/c1-24-14-8-10(7-13(21(22)23)15(14)25-2)9-17-20-16-18-11-5-3-4-6-12(11)19-16/h3-9H,1-2H3,(H2,18,19,20)/b17-9-. The number of ether oxygens (including phenoxy) is 2. The largest absolute Gasteiger partial charge is 0.493 e. The minimum atomic E-state index is -0.536. The summed E-state index contributed by atoms with van der Waals surface area (Å²) in [4.78, 5) is 18.0. The van der Waals surface area contributed by atoms with Crippen LogP contribution in [0.3, 0.4) is 0 Å². The number of fused-ring (bicyclic) bond motifs is 1. The van der Waals surface area contributed by atoms with Crippen LogP contribution in [0.15, 0.2) is 41.5 Å². The minimum Gasteiger partial charge on any atom is -0.493 e. The first-order valence-electron chi connectivity index (χ1n) is 7.26. The number of aromatic amines is 1. The van der Waals surface area contributed by atoms with Crippen LogP contribution in [0, 0.1) is 10.1 Å². The molecular weight excluding hydrogens is 326 g/mol. The number of aromatic nitrogens is 2. The lowest BCUT2D eigenvalue weighted by Crippen LogP contribution is -1.99. The van der Waals surface area contributed by atoms with E-state index in [1.807, 2.05) is 24.3 Å². The van der Waals surface area contributed by atoms with Gasteiger partial charge in [-0.3, -0.25) is 10.1 Å². The van der Waals surface area contributed by atoms with E-state index < -0.39 is 4.92 Å². The van der Waals surface area contributed by atoms with Crippen LogP contribution in [0.4, 0.5) is 11.6 Å². The number of methoxy groups -OCH3 is 2. The molecule has 0 fully saturated rings. The number of H-pyrrole nitrogens is 1. The fourth-order valence-electron chi connectivity index (χ4n) is 2.35. The molecule has 0 spiro atoms. The molecule has 128 valence electrons. The Hall–Kier alpha value is -3.62. The smallest absolute Gasteiger partial charge is 0.315 e. The average Bonchev–Trinajstić information content (AvgIpc) is 3.03. The number of nitro benzene ring substituents is 1. The van der Waals surface area contributed by atoms with Crippen molar-refractivity contribution in [3.8, 4) is 11.5 Å². The fraction of sp³-hybridized carbons (Fsp3) is 0.125. The minimum absolute atomic E-state index is 0.0647. The van der Waals surface area contributed by atoms with Crippen molar-refractivity contribution in [2.24, 2.45) is 5.10 Å². The number of nitrogens with zero attached hydrogens (tertiary/aromatic N) is 3. The maximum atomic E-state index is 11.2. The first-order valence-corrected chi connectivity index (χ1v) is 7.26. The van der Waals surface area contributed by atoms with Crippen molar-refractivity contribution < 1.29 is 14.4 Å². The van der Waals surface area contributed by atoms with E-state index in [0.717, 1.165) is 11.0 Å². The number of hydrogen-bond acceptors (Lipinski definition) is 7. The zero-order chi connectivity index (χ0) is 17.8. The van der Waals surface area contributed by atoms with Crippen LogP contribution < -0.4 is 14.9 Å². The molecule has 0 radical (unpaired) electrons. The molecule has 0 unspecified atom stereocenters. The van der Waals surface area contributed by atoms with Crippen LogP contribution in [0.25, 0.3) is 11.0 Å². The highest BCUT2D eigenvalue weighted by Crippen LogP contribution is 2.37. The number of para-hydroxylation sites is 2. The van der Waals surface area contributed by atoms with Gasteiger partial charge in [-0.2, -0.15) is 5.10 Å². The first-order chi connectivity index (χ1) is 12.1. The third-order valence-electron chi connectivity index (χ3n) is 3.45. The van der Waals surface area contributed by atoms with Crippen molar-refractivity contribution in [2.45, 2.75) is 0 Å². The predicted molar refractivity (Wildman–Crippen MR) is 93.5 cm³/mol. The Morgan fingerprint density at radius 1 is 1.28 bits per heavy atom. The molecule has 0 aliphatic heterocycles. The number of hydrogen-bond donors (Lipinski definition) is 2. The predicted octanol–water partition coefficient (Wildman–Crippen LogP) is 2.93. The summed E-state index contributed by atoms with van der Waals surface area (Å²) in [6.07, 6.45) is 1.43. The van der Waals surface area contributed by atoms with Gasteiger partial charge < -0.3 is 14.5 Å². The Balaban J connectivity index is 1.85. The highest BCUT2D eigenvalue weighted by molar-refractivity contribution is 5.84. The number of imidazole rings is 1. The van der Waals surface area contributed by atoms with Crippen molar-refractivity contribution in [3.63, 3.8) is 0 Å². The Morgan fingerprint density at radius 2 is 2.08 bits per heavy atom. The summed E-state index contributed by atoms with van der Waals surface area (Å²) in [5.41, 5.74) is 4.72. The molecule has 0 amide bonds. The number of nitro groups is 1. The normalized spacial score (nSPS) is 11.0. The third-order valence-corrected chi connectivity index (χ3v) is 3.45. The molecule has 1 heterocycles. The van der Waals surface area contributed by atoms with Gasteiger partial charge in [-0.05, 0) is 18.2 Å². The van der Waals surface area contributed by atoms with Gasteiger partial charge in [0, 0.05) is 11.6 Å². The Labute approximate surface area is 142 Å². The van der Waals surface area contributed by atoms with E-state index in [-0.39, 0.29) is 17.2 Å². The van der Waals surface area contributed by atoms with Gasteiger partial charge in [-0.15, -0.1) is 0 Å². The average molecular weight is 341 g/mol. The van der Waals surface area contributed by atoms with Gasteiger partial charge in [-0.25, -0.2) is 10.4 Å². The highest BCUT2D eigenvalue weighted by atomic mass is 16.6. The molecule has 2 aromatic carbocycles. The van der Waals surface area contributed by atoms with Crippen LogP contribution in [0.1, 0.15) is 5.56 Å². The summed E-state index contributed by atoms with van der Waals surface area (Å²) in [6.45, 7) is 0. The molecule has 9 heteroatoms. The van der Waals surface area contributed by atoms with Crippen molar-refractivity contribution in [1.82, 2.24) is 9.97 Å². The second kappa shape index (κ2) is 6.87. The molecule has 3 aromatic rings. The van der Waals surface area contributed by atoms with E-state index in [9.17, 15) is 10.1 Å². The van der Waals surface area contributed by atoms with Crippen LogP contribution in [0.5, 0.6) is 11.5 Å². The zero-order valence-electron chi connectivity index (χ0n) is 13.5. The molecule has 0 saturated carbocycles. The monoisotopic (exact) mass is 341 g/mol. The van der Waals surface area contributed by atoms with E-state index in [2.05, 4.69) is 20.5 Å².